The van der Waals surface area contributed by atoms with Gasteiger partial charge in [0.05, 0.1) is 11.7 Å². The number of piperidine rings is 1. The average molecular weight is 504 g/mol. The number of hydrogen-bond donors (Lipinski definition) is 1. The highest BCUT2D eigenvalue weighted by molar-refractivity contribution is 5.94. The van der Waals surface area contributed by atoms with Gasteiger partial charge in [-0.25, -0.2) is 23.7 Å². The van der Waals surface area contributed by atoms with Gasteiger partial charge in [-0.2, -0.15) is 0 Å². The Morgan fingerprint density at radius 3 is 2.65 bits per heavy atom. The van der Waals surface area contributed by atoms with Crippen LogP contribution in [0, 0.1) is 0 Å². The lowest BCUT2D eigenvalue weighted by molar-refractivity contribution is 0.252. The van der Waals surface area contributed by atoms with Gasteiger partial charge < -0.3 is 15.1 Å². The van der Waals surface area contributed by atoms with E-state index >= 15 is 0 Å². The predicted molar refractivity (Wildman–Crippen MR) is 142 cm³/mol. The summed E-state index contributed by atoms with van der Waals surface area (Å²) >= 11 is 0. The predicted octanol–water partition coefficient (Wildman–Crippen LogP) is 5.73. The van der Waals surface area contributed by atoms with E-state index in [4.69, 9.17) is 9.97 Å². The van der Waals surface area contributed by atoms with Crippen LogP contribution in [0.4, 0.5) is 20.4 Å². The number of pyridine rings is 2. The molecule has 0 radical (unpaired) electrons. The van der Waals surface area contributed by atoms with Crippen LogP contribution in [-0.2, 0) is 0 Å². The van der Waals surface area contributed by atoms with Crippen LogP contribution < -0.4 is 10.2 Å². The molecule has 1 saturated heterocycles. The summed E-state index contributed by atoms with van der Waals surface area (Å²) in [5.74, 6) is 1.20. The molecule has 2 aliphatic carbocycles. The van der Waals surface area contributed by atoms with Crippen molar-refractivity contribution in [2.24, 2.45) is 0 Å². The number of likely N-dealkylation sites (tertiary alicyclic amines) is 1. The van der Waals surface area contributed by atoms with Crippen LogP contribution in [-0.4, -0.2) is 58.1 Å². The fourth-order valence-corrected chi connectivity index (χ4v) is 5.31. The molecule has 0 atom stereocenters. The smallest absolute Gasteiger partial charge is 0.162 e. The van der Waals surface area contributed by atoms with Crippen LogP contribution in [0.3, 0.4) is 0 Å². The zero-order chi connectivity index (χ0) is 25.5. The Kier molecular flexibility index (Phi) is 6.32. The third kappa shape index (κ3) is 4.80. The number of nitrogens with one attached hydrogen (secondary N) is 1. The number of halogens is 2. The normalized spacial score (nSPS) is 19.3. The van der Waals surface area contributed by atoms with Gasteiger partial charge in [0, 0.05) is 42.9 Å². The Morgan fingerprint density at radius 2 is 1.89 bits per heavy atom. The summed E-state index contributed by atoms with van der Waals surface area (Å²) in [6.07, 6.45) is 11.8. The van der Waals surface area contributed by atoms with E-state index in [1.165, 1.54) is 11.6 Å². The van der Waals surface area contributed by atoms with Crippen molar-refractivity contribution in [2.45, 2.75) is 50.5 Å². The van der Waals surface area contributed by atoms with Crippen molar-refractivity contribution in [2.75, 3.05) is 37.4 Å². The summed E-state index contributed by atoms with van der Waals surface area (Å²) < 4.78 is 28.6. The van der Waals surface area contributed by atoms with Crippen LogP contribution >= 0.6 is 0 Å². The summed E-state index contributed by atoms with van der Waals surface area (Å²) in [4.78, 5) is 23.5. The lowest BCUT2D eigenvalue weighted by Crippen LogP contribution is -2.42. The molecule has 1 N–H and O–H groups in total. The maximum Gasteiger partial charge on any atom is 0.162 e. The summed E-state index contributed by atoms with van der Waals surface area (Å²) in [6.45, 7) is 2.11. The van der Waals surface area contributed by atoms with Crippen LogP contribution in [0.15, 0.2) is 54.2 Å². The van der Waals surface area contributed by atoms with Gasteiger partial charge in [0.25, 0.3) is 0 Å². The van der Waals surface area contributed by atoms with Gasteiger partial charge in [-0.1, -0.05) is 0 Å². The second-order valence-corrected chi connectivity index (χ2v) is 10.3. The third-order valence-electron chi connectivity index (χ3n) is 7.67. The maximum atomic E-state index is 14.3. The molecule has 0 aromatic carbocycles. The van der Waals surface area contributed by atoms with Crippen LogP contribution in [0.5, 0.6) is 0 Å². The molecule has 37 heavy (non-hydrogen) atoms. The van der Waals surface area contributed by atoms with Gasteiger partial charge >= 0.3 is 0 Å². The monoisotopic (exact) mass is 503 g/mol. The molecule has 9 heteroatoms. The highest BCUT2D eigenvalue weighted by Crippen LogP contribution is 2.45. The van der Waals surface area contributed by atoms with E-state index in [1.807, 2.05) is 12.3 Å². The maximum absolute atomic E-state index is 14.3. The number of anilines is 2. The van der Waals surface area contributed by atoms with E-state index < -0.39 is 11.7 Å². The Hall–Kier alpha value is -3.46. The van der Waals surface area contributed by atoms with Gasteiger partial charge in [0.1, 0.15) is 29.0 Å². The largest absolute Gasteiger partial charge is 0.356 e. The van der Waals surface area contributed by atoms with Crippen molar-refractivity contribution >= 4 is 22.5 Å². The highest BCUT2D eigenvalue weighted by Gasteiger charge is 2.30. The van der Waals surface area contributed by atoms with Gasteiger partial charge in [0.2, 0.25) is 0 Å². The lowest BCUT2D eigenvalue weighted by atomic mass is 10.0. The van der Waals surface area contributed by atoms with E-state index in [9.17, 15) is 8.78 Å². The summed E-state index contributed by atoms with van der Waals surface area (Å²) in [6, 6.07) is 3.94. The van der Waals surface area contributed by atoms with Crippen LogP contribution in [0.25, 0.3) is 22.3 Å². The zero-order valence-electron chi connectivity index (χ0n) is 21.2. The molecule has 3 aliphatic rings. The number of nitrogens with zero attached hydrogens (tertiary/aromatic N) is 6. The zero-order valence-corrected chi connectivity index (χ0v) is 21.2. The molecule has 4 heterocycles. The second kappa shape index (κ2) is 9.78. The number of aromatic nitrogens is 4. The van der Waals surface area contributed by atoms with Crippen molar-refractivity contribution in [3.63, 3.8) is 0 Å². The molecule has 0 amide bonds. The van der Waals surface area contributed by atoms with E-state index in [0.29, 0.717) is 30.0 Å². The molecule has 192 valence electrons. The summed E-state index contributed by atoms with van der Waals surface area (Å²) in [5.41, 5.74) is 2.59. The molecule has 3 aromatic heterocycles. The fourth-order valence-electron chi connectivity index (χ4n) is 5.31. The number of rotatable bonds is 6. The van der Waals surface area contributed by atoms with Crippen LogP contribution in [0.1, 0.15) is 50.0 Å². The van der Waals surface area contributed by atoms with Crippen LogP contribution in [0.2, 0.25) is 0 Å². The van der Waals surface area contributed by atoms with Crippen molar-refractivity contribution < 1.29 is 8.78 Å². The first-order valence-electron chi connectivity index (χ1n) is 13.0. The molecule has 0 spiro atoms. The molecule has 0 unspecified atom stereocenters. The molecule has 0 bridgehead atoms. The summed E-state index contributed by atoms with van der Waals surface area (Å²) in [7, 11) is 4.29. The van der Waals surface area contributed by atoms with E-state index in [-0.39, 0.29) is 12.1 Å². The molecule has 1 saturated carbocycles. The Balaban J connectivity index is 1.41. The minimum atomic E-state index is -0.598. The average Bonchev–Trinajstić information content (AvgIpc) is 3.76. The SMILES string of the molecule is CN1CCC(N(C)c2nc(-c3ccnc(NC4=C(F)CCC=C4F)c3)nc3cncc(C4CC4)c23)CC1. The van der Waals surface area contributed by atoms with Crippen molar-refractivity contribution in [1.29, 1.82) is 0 Å². The molecule has 6 rings (SSSR count). The number of hydrogen-bond acceptors (Lipinski definition) is 7. The van der Waals surface area contributed by atoms with E-state index in [1.54, 1.807) is 18.5 Å². The Morgan fingerprint density at radius 1 is 1.08 bits per heavy atom. The van der Waals surface area contributed by atoms with Crippen molar-refractivity contribution in [1.82, 2.24) is 24.8 Å². The third-order valence-corrected chi connectivity index (χ3v) is 7.67. The molecule has 1 aliphatic heterocycles. The Bertz CT molecular complexity index is 1390. The second-order valence-electron chi connectivity index (χ2n) is 10.3. The lowest BCUT2D eigenvalue weighted by Gasteiger charge is -2.36. The van der Waals surface area contributed by atoms with Gasteiger partial charge in [-0.05, 0) is 81.9 Å². The number of allylic oxidation sites excluding steroid dienone is 3. The fraction of sp³-hybridized carbons (Fsp3) is 0.429. The first-order valence-corrected chi connectivity index (χ1v) is 13.0. The van der Waals surface area contributed by atoms with Crippen molar-refractivity contribution in [3.8, 4) is 11.4 Å². The Labute approximate surface area is 215 Å². The minimum Gasteiger partial charge on any atom is -0.356 e. The quantitative estimate of drug-likeness (QED) is 0.460. The molecular weight excluding hydrogens is 472 g/mol. The molecule has 2 fully saturated rings. The van der Waals surface area contributed by atoms with Gasteiger partial charge in [-0.15, -0.1) is 0 Å². The number of fused-ring (bicyclic) bond motifs is 1. The molecule has 7 nitrogen and oxygen atoms in total. The first-order chi connectivity index (χ1) is 18.0. The van der Waals surface area contributed by atoms with Crippen molar-refractivity contribution in [3.05, 3.63) is 59.7 Å². The highest BCUT2D eigenvalue weighted by atomic mass is 19.1. The standard InChI is InChI=1S/C28H31F2N7/c1-36-12-9-19(10-13-36)37(2)28-25-20(17-6-7-17)15-31-16-23(25)33-27(35-28)18-8-11-32-24(14-18)34-26-21(29)4-3-5-22(26)30/h4,8,11,14-17,19H,3,5-7,9-10,12-13H2,1-2H3,(H,32,34). The topological polar surface area (TPSA) is 70.1 Å². The van der Waals surface area contributed by atoms with Gasteiger partial charge in [-0.3, -0.25) is 4.98 Å². The summed E-state index contributed by atoms with van der Waals surface area (Å²) in [5, 5.41) is 3.90. The minimum absolute atomic E-state index is 0.156. The molecular formula is C28H31F2N7. The molecule has 3 aromatic rings. The van der Waals surface area contributed by atoms with E-state index in [2.05, 4.69) is 39.2 Å². The van der Waals surface area contributed by atoms with E-state index in [0.717, 1.165) is 61.1 Å². The first kappa shape index (κ1) is 23.9. The van der Waals surface area contributed by atoms with Gasteiger partial charge in [0.15, 0.2) is 5.82 Å².